The number of rotatable bonds is 1. The largest absolute Gasteiger partial charge is 0.511 e. The summed E-state index contributed by atoms with van der Waals surface area (Å²) in [6.07, 6.45) is 0.487. The summed E-state index contributed by atoms with van der Waals surface area (Å²) in [5.74, 6) is 0.322. The van der Waals surface area contributed by atoms with Crippen molar-refractivity contribution >= 4 is 17.1 Å². The number of aromatic nitrogens is 1. The third-order valence-electron chi connectivity index (χ3n) is 1.73. The molecular weight excluding hydrogens is 170 g/mol. The van der Waals surface area contributed by atoms with Crippen LogP contribution in [0.3, 0.4) is 0 Å². The van der Waals surface area contributed by atoms with Gasteiger partial charge in [0.05, 0.1) is 0 Å². The maximum Gasteiger partial charge on any atom is 0.511 e. The van der Waals surface area contributed by atoms with E-state index >= 15 is 0 Å². The maximum absolute atomic E-state index is 10.2. The van der Waals surface area contributed by atoms with Crippen LogP contribution in [0.4, 0.5) is 4.79 Å². The summed E-state index contributed by atoms with van der Waals surface area (Å²) < 4.78 is 4.49. The molecule has 0 atom stereocenters. The van der Waals surface area contributed by atoms with E-state index in [2.05, 4.69) is 9.72 Å². The highest BCUT2D eigenvalue weighted by Gasteiger charge is 2.01. The minimum Gasteiger partial charge on any atom is -0.449 e. The molecule has 0 spiro atoms. The van der Waals surface area contributed by atoms with Gasteiger partial charge in [-0.3, -0.25) is 0 Å². The van der Waals surface area contributed by atoms with E-state index in [1.807, 2.05) is 6.07 Å². The van der Waals surface area contributed by atoms with Crippen molar-refractivity contribution < 1.29 is 14.6 Å². The third kappa shape index (κ3) is 1.46. The SMILES string of the molecule is O=C(O)Oc1ccc2cc[nH]c2c1. The lowest BCUT2D eigenvalue weighted by Gasteiger charge is -1.98. The molecule has 0 aliphatic rings. The van der Waals surface area contributed by atoms with Gasteiger partial charge < -0.3 is 14.8 Å². The number of carbonyl (C=O) groups is 1. The second-order valence-electron chi connectivity index (χ2n) is 2.59. The predicted molar refractivity (Wildman–Crippen MR) is 47.0 cm³/mol. The summed E-state index contributed by atoms with van der Waals surface area (Å²) in [6, 6.07) is 6.96. The van der Waals surface area contributed by atoms with E-state index in [0.29, 0.717) is 5.75 Å². The Morgan fingerprint density at radius 2 is 2.23 bits per heavy atom. The fourth-order valence-corrected chi connectivity index (χ4v) is 1.19. The first-order chi connectivity index (χ1) is 6.25. The molecule has 1 heterocycles. The number of benzene rings is 1. The lowest BCUT2D eigenvalue weighted by atomic mass is 10.2. The Hall–Kier alpha value is -1.97. The topological polar surface area (TPSA) is 62.3 Å². The number of H-pyrrole nitrogens is 1. The van der Waals surface area contributed by atoms with Crippen LogP contribution in [0.15, 0.2) is 30.5 Å². The summed E-state index contributed by atoms with van der Waals surface area (Å²) in [5, 5.41) is 9.38. The molecule has 0 amide bonds. The number of aromatic amines is 1. The van der Waals surface area contributed by atoms with Gasteiger partial charge in [0.15, 0.2) is 0 Å². The van der Waals surface area contributed by atoms with Crippen LogP contribution in [0.25, 0.3) is 10.9 Å². The minimum atomic E-state index is -1.30. The Balaban J connectivity index is 2.42. The fourth-order valence-electron chi connectivity index (χ4n) is 1.19. The molecule has 0 radical (unpaired) electrons. The monoisotopic (exact) mass is 177 g/mol. The summed E-state index contributed by atoms with van der Waals surface area (Å²) in [7, 11) is 0. The maximum atomic E-state index is 10.2. The van der Waals surface area contributed by atoms with Gasteiger partial charge in [-0.05, 0) is 23.6 Å². The van der Waals surface area contributed by atoms with Crippen molar-refractivity contribution in [2.45, 2.75) is 0 Å². The van der Waals surface area contributed by atoms with Crippen LogP contribution in [-0.4, -0.2) is 16.2 Å². The normalized spacial score (nSPS) is 10.2. The molecule has 0 saturated heterocycles. The Bertz CT molecular complexity index is 447. The van der Waals surface area contributed by atoms with Gasteiger partial charge in [0.25, 0.3) is 0 Å². The molecule has 0 unspecified atom stereocenters. The average Bonchev–Trinajstić information content (AvgIpc) is 2.49. The number of ether oxygens (including phenoxy) is 1. The van der Waals surface area contributed by atoms with Crippen molar-refractivity contribution in [1.29, 1.82) is 0 Å². The van der Waals surface area contributed by atoms with Crippen LogP contribution in [0, 0.1) is 0 Å². The van der Waals surface area contributed by atoms with Crippen LogP contribution >= 0.6 is 0 Å². The Morgan fingerprint density at radius 3 is 3.00 bits per heavy atom. The number of fused-ring (bicyclic) bond motifs is 1. The van der Waals surface area contributed by atoms with E-state index < -0.39 is 6.16 Å². The van der Waals surface area contributed by atoms with Gasteiger partial charge in [0, 0.05) is 17.8 Å². The molecule has 0 aliphatic carbocycles. The summed E-state index contributed by atoms with van der Waals surface area (Å²) >= 11 is 0. The highest BCUT2D eigenvalue weighted by molar-refractivity contribution is 5.81. The highest BCUT2D eigenvalue weighted by Crippen LogP contribution is 2.19. The standard InChI is InChI=1S/C9H7NO3/c11-9(12)13-7-2-1-6-3-4-10-8(6)5-7/h1-5,10H,(H,11,12). The predicted octanol–water partition coefficient (Wildman–Crippen LogP) is 2.22. The summed E-state index contributed by atoms with van der Waals surface area (Å²) in [5.41, 5.74) is 0.860. The van der Waals surface area contributed by atoms with Gasteiger partial charge in [-0.25, -0.2) is 4.79 Å². The molecular formula is C9H7NO3. The molecule has 0 bridgehead atoms. The van der Waals surface area contributed by atoms with Crippen LogP contribution in [0.5, 0.6) is 5.75 Å². The quantitative estimate of drug-likeness (QED) is 0.518. The number of carboxylic acid groups (broad SMARTS) is 1. The van der Waals surface area contributed by atoms with Crippen molar-refractivity contribution in [2.24, 2.45) is 0 Å². The second kappa shape index (κ2) is 2.82. The van der Waals surface area contributed by atoms with E-state index in [4.69, 9.17) is 5.11 Å². The highest BCUT2D eigenvalue weighted by atomic mass is 16.7. The van der Waals surface area contributed by atoms with Gasteiger partial charge in [-0.2, -0.15) is 0 Å². The number of hydrogen-bond donors (Lipinski definition) is 2. The van der Waals surface area contributed by atoms with Gasteiger partial charge in [-0.1, -0.05) is 0 Å². The first-order valence-electron chi connectivity index (χ1n) is 3.73. The number of nitrogens with one attached hydrogen (secondary N) is 1. The Kier molecular flexibility index (Phi) is 1.66. The second-order valence-corrected chi connectivity index (χ2v) is 2.59. The van der Waals surface area contributed by atoms with E-state index in [9.17, 15) is 4.79 Å². The molecule has 2 aromatic rings. The van der Waals surface area contributed by atoms with Gasteiger partial charge in [0.1, 0.15) is 5.75 Å². The molecule has 13 heavy (non-hydrogen) atoms. The minimum absolute atomic E-state index is 0.322. The summed E-state index contributed by atoms with van der Waals surface area (Å²) in [6.45, 7) is 0. The van der Waals surface area contributed by atoms with E-state index in [0.717, 1.165) is 10.9 Å². The van der Waals surface area contributed by atoms with Gasteiger partial charge >= 0.3 is 6.16 Å². The van der Waals surface area contributed by atoms with Crippen LogP contribution in [-0.2, 0) is 0 Å². The smallest absolute Gasteiger partial charge is 0.449 e. The molecule has 4 heteroatoms. The van der Waals surface area contributed by atoms with E-state index in [1.165, 1.54) is 0 Å². The zero-order valence-corrected chi connectivity index (χ0v) is 6.65. The van der Waals surface area contributed by atoms with Crippen molar-refractivity contribution in [3.63, 3.8) is 0 Å². The zero-order chi connectivity index (χ0) is 9.26. The molecule has 2 N–H and O–H groups in total. The van der Waals surface area contributed by atoms with E-state index in [-0.39, 0.29) is 0 Å². The fraction of sp³-hybridized carbons (Fsp3) is 0. The molecule has 0 aliphatic heterocycles. The third-order valence-corrected chi connectivity index (χ3v) is 1.73. The first kappa shape index (κ1) is 7.67. The molecule has 1 aromatic heterocycles. The van der Waals surface area contributed by atoms with Gasteiger partial charge in [-0.15, -0.1) is 0 Å². The summed E-state index contributed by atoms with van der Waals surface area (Å²) in [4.78, 5) is 13.2. The average molecular weight is 177 g/mol. The van der Waals surface area contributed by atoms with Gasteiger partial charge in [0.2, 0.25) is 0 Å². The molecule has 1 aromatic carbocycles. The van der Waals surface area contributed by atoms with Crippen molar-refractivity contribution in [3.05, 3.63) is 30.5 Å². The number of hydrogen-bond acceptors (Lipinski definition) is 2. The molecule has 2 rings (SSSR count). The Morgan fingerprint density at radius 1 is 1.38 bits per heavy atom. The lowest BCUT2D eigenvalue weighted by Crippen LogP contribution is -2.02. The van der Waals surface area contributed by atoms with Crippen LogP contribution < -0.4 is 4.74 Å². The molecule has 4 nitrogen and oxygen atoms in total. The van der Waals surface area contributed by atoms with Crippen molar-refractivity contribution in [3.8, 4) is 5.75 Å². The molecule has 0 saturated carbocycles. The zero-order valence-electron chi connectivity index (χ0n) is 6.65. The van der Waals surface area contributed by atoms with Crippen LogP contribution in [0.2, 0.25) is 0 Å². The Labute approximate surface area is 73.8 Å². The molecule has 66 valence electrons. The molecule has 0 fully saturated rings. The van der Waals surface area contributed by atoms with Crippen LogP contribution in [0.1, 0.15) is 0 Å². The van der Waals surface area contributed by atoms with Crippen molar-refractivity contribution in [1.82, 2.24) is 4.98 Å². The first-order valence-corrected chi connectivity index (χ1v) is 3.73. The van der Waals surface area contributed by atoms with Crippen molar-refractivity contribution in [2.75, 3.05) is 0 Å². The van der Waals surface area contributed by atoms with E-state index in [1.54, 1.807) is 24.4 Å². The lowest BCUT2D eigenvalue weighted by molar-refractivity contribution is 0.144.